The number of benzene rings is 1. The largest absolute Gasteiger partial charge is 0.383 e. The summed E-state index contributed by atoms with van der Waals surface area (Å²) in [6.07, 6.45) is 4.00. The first kappa shape index (κ1) is 19.3. The molecule has 0 saturated carbocycles. The monoisotopic (exact) mass is 380 g/mol. The van der Waals surface area contributed by atoms with E-state index in [9.17, 15) is 9.59 Å². The Bertz CT molecular complexity index is 1020. The predicted molar refractivity (Wildman–Crippen MR) is 110 cm³/mol. The third kappa shape index (κ3) is 3.80. The van der Waals surface area contributed by atoms with Crippen LogP contribution < -0.4 is 16.4 Å². The molecule has 0 saturated heterocycles. The van der Waals surface area contributed by atoms with Crippen LogP contribution in [0.25, 0.3) is 11.0 Å². The lowest BCUT2D eigenvalue weighted by Gasteiger charge is -2.08. The molecule has 146 valence electrons. The molecule has 0 aliphatic heterocycles. The summed E-state index contributed by atoms with van der Waals surface area (Å²) < 4.78 is 1.90. The Morgan fingerprint density at radius 1 is 1.25 bits per heavy atom. The Hall–Kier alpha value is -3.42. The van der Waals surface area contributed by atoms with Gasteiger partial charge in [0.1, 0.15) is 17.8 Å². The molecule has 4 N–H and O–H groups in total. The Labute approximate surface area is 163 Å². The summed E-state index contributed by atoms with van der Waals surface area (Å²) in [6, 6.07) is 6.61. The molecule has 3 rings (SSSR count). The van der Waals surface area contributed by atoms with Gasteiger partial charge in [-0.05, 0) is 32.4 Å². The number of amides is 2. The maximum Gasteiger partial charge on any atom is 0.319 e. The van der Waals surface area contributed by atoms with Crippen LogP contribution in [0.3, 0.4) is 0 Å². The topological polar surface area (TPSA) is 115 Å². The van der Waals surface area contributed by atoms with Crippen LogP contribution >= 0.6 is 0 Å². The van der Waals surface area contributed by atoms with Gasteiger partial charge in [-0.15, -0.1) is 0 Å². The number of urea groups is 1. The third-order valence-corrected chi connectivity index (χ3v) is 4.36. The summed E-state index contributed by atoms with van der Waals surface area (Å²) in [4.78, 5) is 33.4. The van der Waals surface area contributed by atoms with Crippen molar-refractivity contribution in [3.05, 3.63) is 47.9 Å². The van der Waals surface area contributed by atoms with E-state index >= 15 is 0 Å². The van der Waals surface area contributed by atoms with Gasteiger partial charge in [0.2, 0.25) is 0 Å². The molecule has 2 amide bonds. The Morgan fingerprint density at radius 2 is 2.04 bits per heavy atom. The van der Waals surface area contributed by atoms with Crippen LogP contribution in [0.15, 0.2) is 36.8 Å². The van der Waals surface area contributed by atoms with E-state index in [1.807, 2.05) is 25.3 Å². The van der Waals surface area contributed by atoms with Crippen molar-refractivity contribution >= 4 is 34.4 Å². The van der Waals surface area contributed by atoms with Gasteiger partial charge in [0.25, 0.3) is 0 Å². The summed E-state index contributed by atoms with van der Waals surface area (Å²) in [5.74, 6) is 0.0597. The second-order valence-corrected chi connectivity index (χ2v) is 6.79. The molecule has 2 aromatic heterocycles. The molecule has 3 aromatic rings. The maximum absolute atomic E-state index is 13.2. The van der Waals surface area contributed by atoms with E-state index in [1.165, 1.54) is 6.33 Å². The maximum atomic E-state index is 13.2. The highest BCUT2D eigenvalue weighted by atomic mass is 16.2. The van der Waals surface area contributed by atoms with Crippen LogP contribution in [0, 0.1) is 0 Å². The van der Waals surface area contributed by atoms with Gasteiger partial charge in [-0.25, -0.2) is 14.8 Å². The molecule has 0 fully saturated rings. The number of anilines is 2. The number of ketones is 1. The lowest BCUT2D eigenvalue weighted by molar-refractivity contribution is 0.104. The van der Waals surface area contributed by atoms with E-state index in [-0.39, 0.29) is 23.7 Å². The first-order valence-electron chi connectivity index (χ1n) is 9.23. The molecule has 8 nitrogen and oxygen atoms in total. The van der Waals surface area contributed by atoms with Gasteiger partial charge in [-0.3, -0.25) is 4.79 Å². The zero-order chi connectivity index (χ0) is 20.3. The van der Waals surface area contributed by atoms with E-state index in [0.29, 0.717) is 34.4 Å². The summed E-state index contributed by atoms with van der Waals surface area (Å²) in [6.45, 7) is 6.57. The smallest absolute Gasteiger partial charge is 0.319 e. The van der Waals surface area contributed by atoms with E-state index in [0.717, 1.165) is 6.42 Å². The number of hydrogen-bond acceptors (Lipinski definition) is 5. The molecule has 28 heavy (non-hydrogen) atoms. The number of nitrogens with zero attached hydrogens (tertiary/aromatic N) is 3. The Balaban J connectivity index is 1.97. The van der Waals surface area contributed by atoms with Crippen LogP contribution in [-0.2, 0) is 0 Å². The zero-order valence-corrected chi connectivity index (χ0v) is 16.2. The van der Waals surface area contributed by atoms with E-state index in [2.05, 4.69) is 20.6 Å². The van der Waals surface area contributed by atoms with Gasteiger partial charge >= 0.3 is 6.03 Å². The van der Waals surface area contributed by atoms with Crippen molar-refractivity contribution in [1.82, 2.24) is 19.9 Å². The Kier molecular flexibility index (Phi) is 5.58. The van der Waals surface area contributed by atoms with Crippen LogP contribution in [0.2, 0.25) is 0 Å². The van der Waals surface area contributed by atoms with E-state index < -0.39 is 0 Å². The van der Waals surface area contributed by atoms with Crippen molar-refractivity contribution < 1.29 is 9.59 Å². The quantitative estimate of drug-likeness (QED) is 0.567. The normalized spacial score (nSPS) is 11.0. The highest BCUT2D eigenvalue weighted by Gasteiger charge is 2.21. The number of nitrogens with one attached hydrogen (secondary N) is 2. The molecule has 2 heterocycles. The van der Waals surface area contributed by atoms with Gasteiger partial charge in [-0.2, -0.15) is 0 Å². The number of nitrogens with two attached hydrogens (primary N) is 1. The number of rotatable bonds is 6. The summed E-state index contributed by atoms with van der Waals surface area (Å²) in [5, 5.41) is 6.02. The molecule has 0 spiro atoms. The van der Waals surface area contributed by atoms with Crippen LogP contribution in [0.1, 0.15) is 49.2 Å². The number of carbonyl (C=O) groups is 2. The molecule has 1 aromatic carbocycles. The third-order valence-electron chi connectivity index (χ3n) is 4.36. The van der Waals surface area contributed by atoms with E-state index in [1.54, 1.807) is 30.5 Å². The molecule has 0 unspecified atom stereocenters. The lowest BCUT2D eigenvalue weighted by atomic mass is 10.0. The van der Waals surface area contributed by atoms with Gasteiger partial charge < -0.3 is 20.9 Å². The molecule has 0 aliphatic carbocycles. The number of aromatic nitrogens is 3. The molecule has 0 radical (unpaired) electrons. The first-order valence-corrected chi connectivity index (χ1v) is 9.23. The SMILES string of the molecule is CCCNC(=O)Nc1cccc(C(=O)c2cn(C(C)C)c3ncnc(N)c23)c1. The fraction of sp³-hybridized carbons (Fsp3) is 0.300. The minimum absolute atomic E-state index is 0.105. The molecule has 0 atom stereocenters. The fourth-order valence-electron chi connectivity index (χ4n) is 2.98. The first-order chi connectivity index (χ1) is 13.4. The van der Waals surface area contributed by atoms with Crippen molar-refractivity contribution in [3.63, 3.8) is 0 Å². The standard InChI is InChI=1S/C20H24N6O2/c1-4-8-22-20(28)25-14-7-5-6-13(9-14)17(27)15-10-26(12(2)3)19-16(15)18(21)23-11-24-19/h5-7,9-12H,4,8H2,1-3H3,(H2,21,23,24)(H2,22,25,28). The van der Waals surface area contributed by atoms with E-state index in [4.69, 9.17) is 5.73 Å². The molecule has 0 bridgehead atoms. The van der Waals surface area contributed by atoms with Crippen LogP contribution in [0.5, 0.6) is 0 Å². The Morgan fingerprint density at radius 3 is 2.75 bits per heavy atom. The summed E-state index contributed by atoms with van der Waals surface area (Å²) in [5.41, 5.74) is 8.09. The summed E-state index contributed by atoms with van der Waals surface area (Å²) in [7, 11) is 0. The van der Waals surface area contributed by atoms with Gasteiger partial charge in [-0.1, -0.05) is 19.1 Å². The van der Waals surface area contributed by atoms with Crippen molar-refractivity contribution in [2.24, 2.45) is 0 Å². The second-order valence-electron chi connectivity index (χ2n) is 6.79. The fourth-order valence-corrected chi connectivity index (χ4v) is 2.98. The number of nitrogen functional groups attached to an aromatic ring is 1. The number of fused-ring (bicyclic) bond motifs is 1. The second kappa shape index (κ2) is 8.08. The average molecular weight is 380 g/mol. The number of hydrogen-bond donors (Lipinski definition) is 3. The number of carbonyl (C=O) groups excluding carboxylic acids is 2. The minimum Gasteiger partial charge on any atom is -0.383 e. The molecular formula is C20H24N6O2. The molecule has 0 aliphatic rings. The van der Waals surface area contributed by atoms with Crippen LogP contribution in [-0.4, -0.2) is 32.9 Å². The lowest BCUT2D eigenvalue weighted by Crippen LogP contribution is -2.29. The van der Waals surface area contributed by atoms with Crippen molar-refractivity contribution in [3.8, 4) is 0 Å². The highest BCUT2D eigenvalue weighted by molar-refractivity contribution is 6.18. The minimum atomic E-state index is -0.305. The highest BCUT2D eigenvalue weighted by Crippen LogP contribution is 2.28. The van der Waals surface area contributed by atoms with Gasteiger partial charge in [0.05, 0.1) is 10.9 Å². The molecular weight excluding hydrogens is 356 g/mol. The van der Waals surface area contributed by atoms with Gasteiger partial charge in [0, 0.05) is 30.0 Å². The van der Waals surface area contributed by atoms with Crippen molar-refractivity contribution in [2.75, 3.05) is 17.6 Å². The van der Waals surface area contributed by atoms with Crippen LogP contribution in [0.4, 0.5) is 16.3 Å². The molecule has 8 heteroatoms. The zero-order valence-electron chi connectivity index (χ0n) is 16.2. The average Bonchev–Trinajstić information content (AvgIpc) is 3.07. The van der Waals surface area contributed by atoms with Crippen molar-refractivity contribution in [1.29, 1.82) is 0 Å². The summed E-state index contributed by atoms with van der Waals surface area (Å²) >= 11 is 0. The van der Waals surface area contributed by atoms with Gasteiger partial charge in [0.15, 0.2) is 5.78 Å². The van der Waals surface area contributed by atoms with Crippen molar-refractivity contribution in [2.45, 2.75) is 33.2 Å². The predicted octanol–water partition coefficient (Wildman–Crippen LogP) is 3.36.